The van der Waals surface area contributed by atoms with Crippen molar-refractivity contribution >= 4 is 17.9 Å². The van der Waals surface area contributed by atoms with E-state index in [4.69, 9.17) is 24.8 Å². The van der Waals surface area contributed by atoms with E-state index in [0.717, 1.165) is 10.1 Å². The van der Waals surface area contributed by atoms with Gasteiger partial charge in [0.1, 0.15) is 12.1 Å². The average Bonchev–Trinajstić information content (AvgIpc) is 3.30. The molecule has 1 aromatic carbocycles. The van der Waals surface area contributed by atoms with Gasteiger partial charge >= 0.3 is 17.8 Å². The SMILES string of the molecule is N[C@H](Cc1ccccc1)C(=O)ONc1ccn([C@@H]2O[C@H](CO)[C@H]3OC(=O)O[C@H]32)c(=O)n1. The molecule has 4 rings (SSSR count). The molecule has 3 heterocycles. The first-order valence-corrected chi connectivity index (χ1v) is 9.45. The molecule has 5 atom stereocenters. The molecule has 31 heavy (non-hydrogen) atoms. The van der Waals surface area contributed by atoms with Crippen LogP contribution in [0, 0.1) is 0 Å². The van der Waals surface area contributed by atoms with Gasteiger partial charge in [0.2, 0.25) is 0 Å². The lowest BCUT2D eigenvalue weighted by Crippen LogP contribution is -2.36. The fraction of sp³-hybridized carbons (Fsp3) is 0.368. The van der Waals surface area contributed by atoms with E-state index in [1.165, 1.54) is 12.3 Å². The summed E-state index contributed by atoms with van der Waals surface area (Å²) in [6, 6.07) is 9.65. The second kappa shape index (κ2) is 8.71. The molecule has 4 N–H and O–H groups in total. The average molecular weight is 432 g/mol. The van der Waals surface area contributed by atoms with E-state index in [9.17, 15) is 19.5 Å². The summed E-state index contributed by atoms with van der Waals surface area (Å²) in [5.41, 5.74) is 8.26. The Bertz CT molecular complexity index is 1010. The maximum Gasteiger partial charge on any atom is 0.509 e. The monoisotopic (exact) mass is 432 g/mol. The highest BCUT2D eigenvalue weighted by atomic mass is 16.8. The van der Waals surface area contributed by atoms with Crippen LogP contribution in [0.3, 0.4) is 0 Å². The summed E-state index contributed by atoms with van der Waals surface area (Å²) in [5, 5.41) is 9.39. The molecule has 12 nitrogen and oxygen atoms in total. The van der Waals surface area contributed by atoms with Crippen LogP contribution < -0.4 is 16.9 Å². The number of ether oxygens (including phenoxy) is 3. The van der Waals surface area contributed by atoms with Gasteiger partial charge in [0, 0.05) is 12.3 Å². The summed E-state index contributed by atoms with van der Waals surface area (Å²) in [7, 11) is 0. The zero-order valence-corrected chi connectivity index (χ0v) is 16.1. The number of nitrogens with one attached hydrogen (secondary N) is 1. The number of anilines is 1. The topological polar surface area (TPSA) is 164 Å². The van der Waals surface area contributed by atoms with E-state index in [2.05, 4.69) is 10.5 Å². The number of aliphatic hydroxyl groups is 1. The van der Waals surface area contributed by atoms with Gasteiger partial charge in [-0.05, 0) is 12.0 Å². The molecule has 2 aliphatic heterocycles. The van der Waals surface area contributed by atoms with Gasteiger partial charge in [0.05, 0.1) is 6.61 Å². The minimum absolute atomic E-state index is 0.0329. The van der Waals surface area contributed by atoms with Crippen LogP contribution >= 0.6 is 0 Å². The van der Waals surface area contributed by atoms with Crippen molar-refractivity contribution in [1.29, 1.82) is 0 Å². The van der Waals surface area contributed by atoms with Gasteiger partial charge in [-0.2, -0.15) is 4.98 Å². The summed E-state index contributed by atoms with van der Waals surface area (Å²) in [6.07, 6.45) is -2.90. The first-order chi connectivity index (χ1) is 15.0. The van der Waals surface area contributed by atoms with Crippen LogP contribution in [0.1, 0.15) is 11.8 Å². The van der Waals surface area contributed by atoms with E-state index < -0.39 is 55.0 Å². The number of aliphatic hydroxyl groups excluding tert-OH is 1. The molecule has 0 unspecified atom stereocenters. The molecule has 0 spiro atoms. The summed E-state index contributed by atoms with van der Waals surface area (Å²) >= 11 is 0. The van der Waals surface area contributed by atoms with Crippen molar-refractivity contribution < 1.29 is 33.7 Å². The largest absolute Gasteiger partial charge is 0.509 e. The van der Waals surface area contributed by atoms with Crippen LogP contribution in [0.4, 0.5) is 10.6 Å². The Hall–Kier alpha value is -3.48. The number of fused-ring (bicyclic) bond motifs is 1. The fourth-order valence-corrected chi connectivity index (χ4v) is 3.39. The van der Waals surface area contributed by atoms with Crippen molar-refractivity contribution in [3.05, 3.63) is 58.6 Å². The maximum atomic E-state index is 12.4. The third-order valence-electron chi connectivity index (χ3n) is 4.89. The highest BCUT2D eigenvalue weighted by Gasteiger charge is 2.55. The van der Waals surface area contributed by atoms with Gasteiger partial charge in [-0.1, -0.05) is 30.3 Å². The molecule has 0 saturated carbocycles. The van der Waals surface area contributed by atoms with E-state index >= 15 is 0 Å². The van der Waals surface area contributed by atoms with Crippen molar-refractivity contribution in [3.63, 3.8) is 0 Å². The number of benzene rings is 1. The Morgan fingerprint density at radius 1 is 1.23 bits per heavy atom. The Morgan fingerprint density at radius 3 is 2.68 bits per heavy atom. The normalized spacial score (nSPS) is 25.3. The molecule has 2 saturated heterocycles. The van der Waals surface area contributed by atoms with Gasteiger partial charge in [0.15, 0.2) is 24.3 Å². The zero-order valence-electron chi connectivity index (χ0n) is 16.1. The number of carbonyl (C=O) groups is 2. The van der Waals surface area contributed by atoms with Crippen molar-refractivity contribution in [2.24, 2.45) is 5.73 Å². The van der Waals surface area contributed by atoms with Gasteiger partial charge in [-0.25, -0.2) is 19.9 Å². The van der Waals surface area contributed by atoms with Crippen molar-refractivity contribution in [2.45, 2.75) is 37.0 Å². The van der Waals surface area contributed by atoms with Crippen LogP contribution in [0.15, 0.2) is 47.4 Å². The molecule has 1 aromatic heterocycles. The van der Waals surface area contributed by atoms with E-state index in [1.807, 2.05) is 30.3 Å². The highest BCUT2D eigenvalue weighted by molar-refractivity contribution is 5.76. The molecule has 2 fully saturated rings. The third-order valence-corrected chi connectivity index (χ3v) is 4.89. The second-order valence-corrected chi connectivity index (χ2v) is 6.98. The van der Waals surface area contributed by atoms with Crippen molar-refractivity contribution in [2.75, 3.05) is 12.1 Å². The molecular formula is C19H20N4O8. The number of rotatable bonds is 7. The molecule has 0 radical (unpaired) electrons. The second-order valence-electron chi connectivity index (χ2n) is 6.98. The first kappa shape index (κ1) is 20.8. The molecular weight excluding hydrogens is 412 g/mol. The minimum atomic E-state index is -1.02. The van der Waals surface area contributed by atoms with Gasteiger partial charge in [-0.15, -0.1) is 0 Å². The summed E-state index contributed by atoms with van der Waals surface area (Å²) < 4.78 is 16.7. The van der Waals surface area contributed by atoms with Crippen molar-refractivity contribution in [3.8, 4) is 0 Å². The van der Waals surface area contributed by atoms with Crippen LogP contribution in [0.2, 0.25) is 0 Å². The number of nitrogens with two attached hydrogens (primary N) is 1. The number of aromatic nitrogens is 2. The lowest BCUT2D eigenvalue weighted by molar-refractivity contribution is -0.142. The Kier molecular flexibility index (Phi) is 5.84. The third kappa shape index (κ3) is 4.35. The summed E-state index contributed by atoms with van der Waals surface area (Å²) in [5.74, 6) is -0.757. The molecule has 164 valence electrons. The first-order valence-electron chi connectivity index (χ1n) is 9.45. The molecule has 0 amide bonds. The number of nitrogens with zero attached hydrogens (tertiary/aromatic N) is 2. The summed E-state index contributed by atoms with van der Waals surface area (Å²) in [4.78, 5) is 44.6. The molecule has 2 aromatic rings. The molecule has 12 heteroatoms. The zero-order chi connectivity index (χ0) is 22.0. The maximum absolute atomic E-state index is 12.4. The van der Waals surface area contributed by atoms with E-state index in [1.54, 1.807) is 0 Å². The lowest BCUT2D eigenvalue weighted by atomic mass is 10.1. The molecule has 2 aliphatic rings. The minimum Gasteiger partial charge on any atom is -0.424 e. The van der Waals surface area contributed by atoms with Gasteiger partial charge in [-0.3, -0.25) is 4.57 Å². The van der Waals surface area contributed by atoms with Crippen molar-refractivity contribution in [1.82, 2.24) is 9.55 Å². The van der Waals surface area contributed by atoms with E-state index in [0.29, 0.717) is 0 Å². The molecule has 0 bridgehead atoms. The highest BCUT2D eigenvalue weighted by Crippen LogP contribution is 2.37. The number of carbonyl (C=O) groups excluding carboxylic acids is 2. The summed E-state index contributed by atoms with van der Waals surface area (Å²) in [6.45, 7) is -0.421. The Labute approximate surface area is 175 Å². The predicted molar refractivity (Wildman–Crippen MR) is 102 cm³/mol. The molecule has 0 aliphatic carbocycles. The van der Waals surface area contributed by atoms with Crippen LogP contribution in [0.25, 0.3) is 0 Å². The fourth-order valence-electron chi connectivity index (χ4n) is 3.39. The van der Waals surface area contributed by atoms with Crippen LogP contribution in [-0.2, 0) is 30.3 Å². The van der Waals surface area contributed by atoms with Gasteiger partial charge < -0.3 is 29.9 Å². The smallest absolute Gasteiger partial charge is 0.424 e. The predicted octanol–water partition coefficient (Wildman–Crippen LogP) is -0.523. The number of hydrogen-bond donors (Lipinski definition) is 3. The Balaban J connectivity index is 1.38. The van der Waals surface area contributed by atoms with Crippen LogP contribution in [0.5, 0.6) is 0 Å². The lowest BCUT2D eigenvalue weighted by Gasteiger charge is -2.18. The number of hydrogen-bond acceptors (Lipinski definition) is 11. The quantitative estimate of drug-likeness (QED) is 0.381. The van der Waals surface area contributed by atoms with E-state index in [-0.39, 0.29) is 12.2 Å². The van der Waals surface area contributed by atoms with Crippen LogP contribution in [-0.4, -0.2) is 57.7 Å². The Morgan fingerprint density at radius 2 is 1.97 bits per heavy atom. The van der Waals surface area contributed by atoms with Gasteiger partial charge in [0.25, 0.3) is 0 Å². The standard InChI is InChI=1S/C19H20N4O8/c20-11(8-10-4-2-1-3-5-10)17(25)31-22-13-6-7-23(18(26)21-13)16-15-14(12(9-24)28-16)29-19(27)30-15/h1-7,11-12,14-16,24H,8-9,20H2,(H,21,22,26)/t11-,12-,14-,15-,16-/m1/s1.